The second kappa shape index (κ2) is 6.78. The molecule has 0 aliphatic rings. The SMILES string of the molecule is CCCCNc1cc(NC(C)=O)ccc1OC. The lowest BCUT2D eigenvalue weighted by molar-refractivity contribution is -0.114. The number of rotatable bonds is 6. The number of carbonyl (C=O) groups is 1. The monoisotopic (exact) mass is 236 g/mol. The van der Waals surface area contributed by atoms with Crippen LogP contribution in [0.5, 0.6) is 5.75 Å². The number of amides is 1. The van der Waals surface area contributed by atoms with Gasteiger partial charge in [0, 0.05) is 19.2 Å². The molecule has 0 heterocycles. The first-order chi connectivity index (χ1) is 8.17. The van der Waals surface area contributed by atoms with Crippen LogP contribution in [0.25, 0.3) is 0 Å². The van der Waals surface area contributed by atoms with Crippen molar-refractivity contribution >= 4 is 17.3 Å². The lowest BCUT2D eigenvalue weighted by atomic mass is 10.2. The molecular weight excluding hydrogens is 216 g/mol. The summed E-state index contributed by atoms with van der Waals surface area (Å²) in [4.78, 5) is 11.0. The summed E-state index contributed by atoms with van der Waals surface area (Å²) in [5, 5.41) is 6.05. The van der Waals surface area contributed by atoms with Crippen molar-refractivity contribution in [3.8, 4) is 5.75 Å². The number of anilines is 2. The van der Waals surface area contributed by atoms with E-state index < -0.39 is 0 Å². The van der Waals surface area contributed by atoms with Crippen LogP contribution < -0.4 is 15.4 Å². The molecule has 94 valence electrons. The van der Waals surface area contributed by atoms with Gasteiger partial charge >= 0.3 is 0 Å². The fourth-order valence-corrected chi connectivity index (χ4v) is 1.53. The van der Waals surface area contributed by atoms with E-state index >= 15 is 0 Å². The molecule has 17 heavy (non-hydrogen) atoms. The molecule has 1 aromatic rings. The van der Waals surface area contributed by atoms with Gasteiger partial charge in [-0.2, -0.15) is 0 Å². The van der Waals surface area contributed by atoms with Gasteiger partial charge in [-0.25, -0.2) is 0 Å². The highest BCUT2D eigenvalue weighted by Crippen LogP contribution is 2.27. The second-order valence-electron chi connectivity index (χ2n) is 3.88. The molecule has 0 spiro atoms. The minimum Gasteiger partial charge on any atom is -0.495 e. The molecule has 0 aliphatic heterocycles. The van der Waals surface area contributed by atoms with Crippen molar-refractivity contribution in [1.82, 2.24) is 0 Å². The van der Waals surface area contributed by atoms with Gasteiger partial charge < -0.3 is 15.4 Å². The van der Waals surface area contributed by atoms with E-state index in [2.05, 4.69) is 17.6 Å². The van der Waals surface area contributed by atoms with Crippen molar-refractivity contribution in [2.45, 2.75) is 26.7 Å². The molecule has 1 rings (SSSR count). The zero-order valence-corrected chi connectivity index (χ0v) is 10.7. The Bertz CT molecular complexity index is 378. The van der Waals surface area contributed by atoms with Crippen LogP contribution in [0.15, 0.2) is 18.2 Å². The number of methoxy groups -OCH3 is 1. The Hall–Kier alpha value is -1.71. The van der Waals surface area contributed by atoms with Gasteiger partial charge in [0.25, 0.3) is 0 Å². The van der Waals surface area contributed by atoms with Crippen LogP contribution in [0.4, 0.5) is 11.4 Å². The highest BCUT2D eigenvalue weighted by Gasteiger charge is 2.04. The Morgan fingerprint density at radius 3 is 2.76 bits per heavy atom. The van der Waals surface area contributed by atoms with Gasteiger partial charge in [0.15, 0.2) is 0 Å². The van der Waals surface area contributed by atoms with Crippen molar-refractivity contribution in [3.05, 3.63) is 18.2 Å². The molecule has 0 radical (unpaired) electrons. The third kappa shape index (κ3) is 4.34. The number of benzene rings is 1. The van der Waals surface area contributed by atoms with E-state index in [4.69, 9.17) is 4.74 Å². The summed E-state index contributed by atoms with van der Waals surface area (Å²) in [5.74, 6) is 0.713. The highest BCUT2D eigenvalue weighted by atomic mass is 16.5. The Balaban J connectivity index is 2.78. The molecule has 0 aliphatic carbocycles. The van der Waals surface area contributed by atoms with Gasteiger partial charge in [-0.15, -0.1) is 0 Å². The van der Waals surface area contributed by atoms with Crippen molar-refractivity contribution in [2.24, 2.45) is 0 Å². The first-order valence-electron chi connectivity index (χ1n) is 5.87. The van der Waals surface area contributed by atoms with Gasteiger partial charge in [-0.3, -0.25) is 4.79 Å². The highest BCUT2D eigenvalue weighted by molar-refractivity contribution is 5.89. The number of ether oxygens (including phenoxy) is 1. The molecule has 0 bridgehead atoms. The Morgan fingerprint density at radius 2 is 2.18 bits per heavy atom. The van der Waals surface area contributed by atoms with Gasteiger partial charge in [0.2, 0.25) is 5.91 Å². The molecule has 4 heteroatoms. The minimum atomic E-state index is -0.0744. The molecule has 1 aromatic carbocycles. The summed E-state index contributed by atoms with van der Waals surface area (Å²) in [6, 6.07) is 5.56. The number of hydrogen-bond donors (Lipinski definition) is 2. The van der Waals surface area contributed by atoms with Crippen molar-refractivity contribution in [3.63, 3.8) is 0 Å². The van der Waals surface area contributed by atoms with Gasteiger partial charge in [0.05, 0.1) is 12.8 Å². The largest absolute Gasteiger partial charge is 0.495 e. The molecule has 0 saturated carbocycles. The maximum Gasteiger partial charge on any atom is 0.221 e. The van der Waals surface area contributed by atoms with Crippen LogP contribution in [0, 0.1) is 0 Å². The number of unbranched alkanes of at least 4 members (excludes halogenated alkanes) is 1. The minimum absolute atomic E-state index is 0.0744. The fraction of sp³-hybridized carbons (Fsp3) is 0.462. The van der Waals surface area contributed by atoms with Crippen LogP contribution in [-0.4, -0.2) is 19.6 Å². The van der Waals surface area contributed by atoms with Crippen molar-refractivity contribution in [1.29, 1.82) is 0 Å². The average molecular weight is 236 g/mol. The zero-order valence-electron chi connectivity index (χ0n) is 10.7. The number of nitrogens with one attached hydrogen (secondary N) is 2. The summed E-state index contributed by atoms with van der Waals surface area (Å²) in [7, 11) is 1.64. The van der Waals surface area contributed by atoms with Crippen molar-refractivity contribution in [2.75, 3.05) is 24.3 Å². The topological polar surface area (TPSA) is 50.4 Å². The second-order valence-corrected chi connectivity index (χ2v) is 3.88. The molecule has 0 saturated heterocycles. The van der Waals surface area contributed by atoms with Crippen molar-refractivity contribution < 1.29 is 9.53 Å². The Morgan fingerprint density at radius 1 is 1.41 bits per heavy atom. The van der Waals surface area contributed by atoms with E-state index in [1.807, 2.05) is 18.2 Å². The molecule has 0 fully saturated rings. The Labute approximate surface area is 102 Å². The summed E-state index contributed by atoms with van der Waals surface area (Å²) in [6.45, 7) is 4.54. The van der Waals surface area contributed by atoms with E-state index in [0.29, 0.717) is 0 Å². The standard InChI is InChI=1S/C13H20N2O2/c1-4-5-8-14-12-9-11(15-10(2)16)6-7-13(12)17-3/h6-7,9,14H,4-5,8H2,1-3H3,(H,15,16). The van der Waals surface area contributed by atoms with Crippen LogP contribution >= 0.6 is 0 Å². The summed E-state index contributed by atoms with van der Waals surface area (Å²) < 4.78 is 5.26. The average Bonchev–Trinajstić information content (AvgIpc) is 2.29. The molecule has 2 N–H and O–H groups in total. The summed E-state index contributed by atoms with van der Waals surface area (Å²) in [6.07, 6.45) is 2.24. The van der Waals surface area contributed by atoms with Crippen LogP contribution in [0.1, 0.15) is 26.7 Å². The molecule has 4 nitrogen and oxygen atoms in total. The van der Waals surface area contributed by atoms with Gasteiger partial charge in [-0.1, -0.05) is 13.3 Å². The summed E-state index contributed by atoms with van der Waals surface area (Å²) in [5.41, 5.74) is 1.68. The Kier molecular flexibility index (Phi) is 5.33. The lowest BCUT2D eigenvalue weighted by Gasteiger charge is -2.12. The number of hydrogen-bond acceptors (Lipinski definition) is 3. The van der Waals surface area contributed by atoms with E-state index in [1.165, 1.54) is 6.92 Å². The van der Waals surface area contributed by atoms with Crippen LogP contribution in [0.2, 0.25) is 0 Å². The number of carbonyl (C=O) groups excluding carboxylic acids is 1. The normalized spacial score (nSPS) is 9.82. The fourth-order valence-electron chi connectivity index (χ4n) is 1.53. The zero-order chi connectivity index (χ0) is 12.7. The third-order valence-electron chi connectivity index (χ3n) is 2.37. The van der Waals surface area contributed by atoms with E-state index in [0.717, 1.165) is 36.5 Å². The van der Waals surface area contributed by atoms with E-state index in [-0.39, 0.29) is 5.91 Å². The van der Waals surface area contributed by atoms with Gasteiger partial charge in [0.1, 0.15) is 5.75 Å². The van der Waals surface area contributed by atoms with Crippen LogP contribution in [-0.2, 0) is 4.79 Å². The molecule has 0 unspecified atom stereocenters. The lowest BCUT2D eigenvalue weighted by Crippen LogP contribution is -2.07. The first-order valence-corrected chi connectivity index (χ1v) is 5.87. The quantitative estimate of drug-likeness (QED) is 0.747. The van der Waals surface area contributed by atoms with Crippen LogP contribution in [0.3, 0.4) is 0 Å². The third-order valence-corrected chi connectivity index (χ3v) is 2.37. The first kappa shape index (κ1) is 13.4. The predicted molar refractivity (Wildman–Crippen MR) is 70.7 cm³/mol. The molecular formula is C13H20N2O2. The smallest absolute Gasteiger partial charge is 0.221 e. The molecule has 0 atom stereocenters. The summed E-state index contributed by atoms with van der Waals surface area (Å²) >= 11 is 0. The predicted octanol–water partition coefficient (Wildman–Crippen LogP) is 2.87. The molecule has 0 aromatic heterocycles. The van der Waals surface area contributed by atoms with E-state index in [9.17, 15) is 4.79 Å². The molecule has 1 amide bonds. The van der Waals surface area contributed by atoms with E-state index in [1.54, 1.807) is 7.11 Å². The maximum atomic E-state index is 11.0. The van der Waals surface area contributed by atoms with Gasteiger partial charge in [-0.05, 0) is 24.6 Å². The maximum absolute atomic E-state index is 11.0.